The van der Waals surface area contributed by atoms with Gasteiger partial charge in [-0.15, -0.1) is 0 Å². The van der Waals surface area contributed by atoms with Gasteiger partial charge in [0.15, 0.2) is 0 Å². The Morgan fingerprint density at radius 1 is 1.26 bits per heavy atom. The van der Waals surface area contributed by atoms with Crippen molar-refractivity contribution in [3.63, 3.8) is 0 Å². The second-order valence-corrected chi connectivity index (χ2v) is 5.08. The third-order valence-electron chi connectivity index (χ3n) is 2.78. The molecule has 0 atom stereocenters. The molecular formula is C14H13BrN2O2. The molecule has 0 aliphatic rings. The number of hydrogen-bond acceptors (Lipinski definition) is 3. The quantitative estimate of drug-likeness (QED) is 0.675. The molecule has 0 aliphatic heterocycles. The van der Waals surface area contributed by atoms with Crippen molar-refractivity contribution in [3.8, 4) is 0 Å². The topological polar surface area (TPSA) is 55.2 Å². The van der Waals surface area contributed by atoms with E-state index in [1.54, 1.807) is 18.2 Å². The standard InChI is InChI=1S/C14H13BrN2O2/c1-10-6-7-11(12(15)8-10)9-16-13-4-2-3-5-14(13)17(18)19/h2-8,16H,9H2,1H3. The second-order valence-electron chi connectivity index (χ2n) is 4.22. The van der Waals surface area contributed by atoms with E-state index >= 15 is 0 Å². The minimum atomic E-state index is -0.382. The smallest absolute Gasteiger partial charge is 0.292 e. The minimum absolute atomic E-state index is 0.0886. The third kappa shape index (κ3) is 3.32. The van der Waals surface area contributed by atoms with Crippen LogP contribution in [0.4, 0.5) is 11.4 Å². The molecule has 1 N–H and O–H groups in total. The van der Waals surface area contributed by atoms with Crippen molar-refractivity contribution in [1.82, 2.24) is 0 Å². The SMILES string of the molecule is Cc1ccc(CNc2ccccc2[N+](=O)[O-])c(Br)c1. The Bertz CT molecular complexity index is 614. The number of nitrogens with zero attached hydrogens (tertiary/aromatic N) is 1. The Morgan fingerprint density at radius 2 is 2.00 bits per heavy atom. The van der Waals surface area contributed by atoms with Crippen molar-refractivity contribution < 1.29 is 4.92 Å². The number of nitro groups is 1. The first kappa shape index (κ1) is 13.5. The monoisotopic (exact) mass is 320 g/mol. The Labute approximate surface area is 119 Å². The first-order chi connectivity index (χ1) is 9.08. The van der Waals surface area contributed by atoms with Gasteiger partial charge in [0.25, 0.3) is 5.69 Å². The normalized spacial score (nSPS) is 10.2. The number of nitrogens with one attached hydrogen (secondary N) is 1. The first-order valence-corrected chi connectivity index (χ1v) is 6.59. The number of benzene rings is 2. The maximum Gasteiger partial charge on any atom is 0.292 e. The van der Waals surface area contributed by atoms with E-state index in [-0.39, 0.29) is 10.6 Å². The van der Waals surface area contributed by atoms with Gasteiger partial charge >= 0.3 is 0 Å². The molecule has 0 amide bonds. The van der Waals surface area contributed by atoms with E-state index < -0.39 is 0 Å². The zero-order chi connectivity index (χ0) is 13.8. The molecule has 2 aromatic carbocycles. The van der Waals surface area contributed by atoms with Crippen molar-refractivity contribution in [3.05, 3.63) is 68.2 Å². The number of para-hydroxylation sites is 2. The van der Waals surface area contributed by atoms with Crippen molar-refractivity contribution in [2.75, 3.05) is 5.32 Å². The summed E-state index contributed by atoms with van der Waals surface area (Å²) in [5, 5.41) is 14.0. The summed E-state index contributed by atoms with van der Waals surface area (Å²) < 4.78 is 0.999. The maximum atomic E-state index is 10.9. The summed E-state index contributed by atoms with van der Waals surface area (Å²) in [6.45, 7) is 2.55. The highest BCUT2D eigenvalue weighted by Crippen LogP contribution is 2.25. The van der Waals surface area contributed by atoms with E-state index in [9.17, 15) is 10.1 Å². The highest BCUT2D eigenvalue weighted by molar-refractivity contribution is 9.10. The molecule has 0 unspecified atom stereocenters. The number of rotatable bonds is 4. The van der Waals surface area contributed by atoms with Crippen LogP contribution in [0.2, 0.25) is 0 Å². The third-order valence-corrected chi connectivity index (χ3v) is 3.52. The molecule has 4 nitrogen and oxygen atoms in total. The predicted octanol–water partition coefficient (Wildman–Crippen LogP) is 4.28. The molecule has 0 spiro atoms. The number of aryl methyl sites for hydroxylation is 1. The molecule has 0 aliphatic carbocycles. The van der Waals surface area contributed by atoms with Gasteiger partial charge in [-0.3, -0.25) is 10.1 Å². The van der Waals surface area contributed by atoms with E-state index in [4.69, 9.17) is 0 Å². The van der Waals surface area contributed by atoms with Gasteiger partial charge in [-0.1, -0.05) is 40.2 Å². The lowest BCUT2D eigenvalue weighted by molar-refractivity contribution is -0.384. The summed E-state index contributed by atoms with van der Waals surface area (Å²) in [4.78, 5) is 10.5. The largest absolute Gasteiger partial charge is 0.375 e. The van der Waals surface area contributed by atoms with Crippen molar-refractivity contribution in [2.24, 2.45) is 0 Å². The molecule has 0 saturated heterocycles. The summed E-state index contributed by atoms with van der Waals surface area (Å²) in [6.07, 6.45) is 0. The minimum Gasteiger partial charge on any atom is -0.375 e. The fourth-order valence-corrected chi connectivity index (χ4v) is 2.40. The molecule has 0 bridgehead atoms. The van der Waals surface area contributed by atoms with Crippen molar-refractivity contribution >= 4 is 27.3 Å². The van der Waals surface area contributed by atoms with E-state index in [1.807, 2.05) is 25.1 Å². The lowest BCUT2D eigenvalue weighted by Crippen LogP contribution is -2.03. The molecule has 0 fully saturated rings. The van der Waals surface area contributed by atoms with Gasteiger partial charge < -0.3 is 5.32 Å². The molecule has 5 heteroatoms. The van der Waals surface area contributed by atoms with Crippen LogP contribution in [0.1, 0.15) is 11.1 Å². The Hall–Kier alpha value is -1.88. The molecule has 0 saturated carbocycles. The molecule has 19 heavy (non-hydrogen) atoms. The van der Waals surface area contributed by atoms with Crippen molar-refractivity contribution in [2.45, 2.75) is 13.5 Å². The summed E-state index contributed by atoms with van der Waals surface area (Å²) in [6, 6.07) is 12.7. The lowest BCUT2D eigenvalue weighted by atomic mass is 10.1. The summed E-state index contributed by atoms with van der Waals surface area (Å²) in [7, 11) is 0. The van der Waals surface area contributed by atoms with E-state index in [1.165, 1.54) is 11.6 Å². The van der Waals surface area contributed by atoms with Gasteiger partial charge in [0.1, 0.15) is 5.69 Å². The maximum absolute atomic E-state index is 10.9. The highest BCUT2D eigenvalue weighted by Gasteiger charge is 2.12. The van der Waals surface area contributed by atoms with Crippen LogP contribution >= 0.6 is 15.9 Å². The Morgan fingerprint density at radius 3 is 2.68 bits per heavy atom. The van der Waals surface area contributed by atoms with Gasteiger partial charge in [0.2, 0.25) is 0 Å². The van der Waals surface area contributed by atoms with Gasteiger partial charge in [-0.2, -0.15) is 0 Å². The van der Waals surface area contributed by atoms with Crippen LogP contribution in [0.3, 0.4) is 0 Å². The number of nitro benzene ring substituents is 1. The van der Waals surface area contributed by atoms with Gasteiger partial charge in [0, 0.05) is 17.1 Å². The number of halogens is 1. The fourth-order valence-electron chi connectivity index (χ4n) is 1.77. The molecule has 0 radical (unpaired) electrons. The van der Waals surface area contributed by atoms with Crippen LogP contribution in [0.15, 0.2) is 46.9 Å². The van der Waals surface area contributed by atoms with Gasteiger partial charge in [-0.05, 0) is 30.2 Å². The van der Waals surface area contributed by atoms with Gasteiger partial charge in [0.05, 0.1) is 4.92 Å². The van der Waals surface area contributed by atoms with Crippen molar-refractivity contribution in [1.29, 1.82) is 0 Å². The summed E-state index contributed by atoms with van der Waals surface area (Å²) in [5.41, 5.74) is 2.84. The molecule has 0 heterocycles. The zero-order valence-corrected chi connectivity index (χ0v) is 12.0. The van der Waals surface area contributed by atoms with Crippen LogP contribution in [0.5, 0.6) is 0 Å². The molecular weight excluding hydrogens is 308 g/mol. The number of anilines is 1. The Kier molecular flexibility index (Phi) is 4.16. The van der Waals surface area contributed by atoms with Crippen LogP contribution in [-0.4, -0.2) is 4.92 Å². The van der Waals surface area contributed by atoms with Crippen LogP contribution < -0.4 is 5.32 Å². The Balaban J connectivity index is 2.17. The highest BCUT2D eigenvalue weighted by atomic mass is 79.9. The lowest BCUT2D eigenvalue weighted by Gasteiger charge is -2.09. The zero-order valence-electron chi connectivity index (χ0n) is 10.4. The molecule has 2 aromatic rings. The van der Waals surface area contributed by atoms with E-state index in [2.05, 4.69) is 21.2 Å². The van der Waals surface area contributed by atoms with E-state index in [0.29, 0.717) is 12.2 Å². The average Bonchev–Trinajstić information content (AvgIpc) is 2.38. The van der Waals surface area contributed by atoms with E-state index in [0.717, 1.165) is 10.0 Å². The number of hydrogen-bond donors (Lipinski definition) is 1. The first-order valence-electron chi connectivity index (χ1n) is 5.80. The van der Waals surface area contributed by atoms with Crippen LogP contribution in [0, 0.1) is 17.0 Å². The van der Waals surface area contributed by atoms with Gasteiger partial charge in [-0.25, -0.2) is 0 Å². The molecule has 98 valence electrons. The molecule has 2 rings (SSSR count). The summed E-state index contributed by atoms with van der Waals surface area (Å²) >= 11 is 3.49. The fraction of sp³-hybridized carbons (Fsp3) is 0.143. The predicted molar refractivity (Wildman–Crippen MR) is 79.3 cm³/mol. The average molecular weight is 321 g/mol. The molecule has 0 aromatic heterocycles. The van der Waals surface area contributed by atoms with Crippen LogP contribution in [0.25, 0.3) is 0 Å². The second kappa shape index (κ2) is 5.84. The van der Waals surface area contributed by atoms with Crippen LogP contribution in [-0.2, 0) is 6.54 Å². The summed E-state index contributed by atoms with van der Waals surface area (Å²) in [5.74, 6) is 0.